The first-order valence-corrected chi connectivity index (χ1v) is 12.7. The van der Waals surface area contributed by atoms with Crippen molar-refractivity contribution in [2.24, 2.45) is 0 Å². The molecule has 0 atom stereocenters. The Labute approximate surface area is 215 Å². The average Bonchev–Trinajstić information content (AvgIpc) is 2.71. The molecule has 0 radical (unpaired) electrons. The largest absolute Gasteiger partial charge is 0.462 e. The maximum absolute atomic E-state index is 12.3. The Balaban J connectivity index is 1.82. The van der Waals surface area contributed by atoms with E-state index >= 15 is 0 Å². The summed E-state index contributed by atoms with van der Waals surface area (Å²) in [7, 11) is 0. The van der Waals surface area contributed by atoms with E-state index in [0.717, 1.165) is 40.2 Å². The molecular formula is C22H31Br2N3O7. The van der Waals surface area contributed by atoms with E-state index in [0.29, 0.717) is 12.2 Å². The summed E-state index contributed by atoms with van der Waals surface area (Å²) in [5.41, 5.74) is 0.945. The van der Waals surface area contributed by atoms with E-state index in [-0.39, 0.29) is 37.6 Å². The average molecular weight is 609 g/mol. The molecule has 1 amide bonds. The van der Waals surface area contributed by atoms with Crippen molar-refractivity contribution in [2.75, 3.05) is 11.9 Å². The molecule has 2 N–H and O–H groups in total. The lowest BCUT2D eigenvalue weighted by Crippen LogP contribution is -2.36. The van der Waals surface area contributed by atoms with Crippen LogP contribution < -0.4 is 10.6 Å². The number of esters is 1. The summed E-state index contributed by atoms with van der Waals surface area (Å²) < 4.78 is 12.5. The van der Waals surface area contributed by atoms with Crippen LogP contribution in [-0.2, 0) is 25.7 Å². The van der Waals surface area contributed by atoms with Crippen LogP contribution in [0, 0.1) is 10.1 Å². The van der Waals surface area contributed by atoms with E-state index in [1.807, 2.05) is 32.9 Å². The second-order valence-corrected chi connectivity index (χ2v) is 10.8. The molecule has 1 aromatic carbocycles. The van der Waals surface area contributed by atoms with Crippen LogP contribution in [0.1, 0.15) is 64.9 Å². The molecule has 0 saturated heterocycles. The highest BCUT2D eigenvalue weighted by atomic mass is 79.9. The number of nitrogens with zero attached hydrogens (tertiary/aromatic N) is 1. The van der Waals surface area contributed by atoms with Crippen LogP contribution in [-0.4, -0.2) is 41.5 Å². The van der Waals surface area contributed by atoms with E-state index in [1.165, 1.54) is 0 Å². The molecule has 1 aliphatic carbocycles. The number of hydrogen-bond acceptors (Lipinski definition) is 8. The minimum Gasteiger partial charge on any atom is -0.462 e. The minimum atomic E-state index is -0.872. The smallest absolute Gasteiger partial charge is 0.412 e. The lowest BCUT2D eigenvalue weighted by molar-refractivity contribution is -0.757. The lowest BCUT2D eigenvalue weighted by Gasteiger charge is -2.29. The molecule has 12 heteroatoms. The molecule has 0 bridgehead atoms. The molecule has 0 aromatic heterocycles. The van der Waals surface area contributed by atoms with Crippen LogP contribution in [0.2, 0.25) is 0 Å². The van der Waals surface area contributed by atoms with Crippen molar-refractivity contribution in [1.82, 2.24) is 5.32 Å². The first-order valence-electron chi connectivity index (χ1n) is 11.1. The number of anilines is 1. The highest BCUT2D eigenvalue weighted by molar-refractivity contribution is 9.11. The first-order chi connectivity index (χ1) is 15.9. The summed E-state index contributed by atoms with van der Waals surface area (Å²) in [6.45, 7) is 5.85. The fraction of sp³-hybridized carbons (Fsp3) is 0.636. The Kier molecular flexibility index (Phi) is 11.0. The number of halogens is 2. The molecular weight excluding hydrogens is 578 g/mol. The highest BCUT2D eigenvalue weighted by Crippen LogP contribution is 2.32. The number of rotatable bonds is 10. The van der Waals surface area contributed by atoms with Crippen molar-refractivity contribution in [3.8, 4) is 0 Å². The van der Waals surface area contributed by atoms with Gasteiger partial charge >= 0.3 is 12.1 Å². The van der Waals surface area contributed by atoms with Crippen molar-refractivity contribution < 1.29 is 29.0 Å². The number of benzene rings is 1. The Morgan fingerprint density at radius 2 is 1.85 bits per heavy atom. The van der Waals surface area contributed by atoms with Gasteiger partial charge in [-0.2, -0.15) is 0 Å². The van der Waals surface area contributed by atoms with Crippen LogP contribution >= 0.6 is 31.9 Å². The predicted octanol–water partition coefficient (Wildman–Crippen LogP) is 5.49. The van der Waals surface area contributed by atoms with E-state index < -0.39 is 16.8 Å². The molecule has 1 aliphatic rings. The quantitative estimate of drug-likeness (QED) is 0.154. The molecule has 2 rings (SSSR count). The molecule has 0 aliphatic heterocycles. The van der Waals surface area contributed by atoms with E-state index in [4.69, 9.17) is 9.47 Å². The van der Waals surface area contributed by atoms with Crippen LogP contribution in [0.5, 0.6) is 0 Å². The number of hydrogen-bond donors (Lipinski definition) is 2. The van der Waals surface area contributed by atoms with Crippen molar-refractivity contribution in [2.45, 2.75) is 83.6 Å². The molecule has 10 nitrogen and oxygen atoms in total. The summed E-state index contributed by atoms with van der Waals surface area (Å²) >= 11 is 7.01. The molecule has 34 heavy (non-hydrogen) atoms. The Bertz CT molecular complexity index is 869. The van der Waals surface area contributed by atoms with E-state index in [2.05, 4.69) is 47.3 Å². The van der Waals surface area contributed by atoms with Gasteiger partial charge in [-0.05, 0) is 86.5 Å². The van der Waals surface area contributed by atoms with Crippen LogP contribution in [0.4, 0.5) is 10.5 Å². The van der Waals surface area contributed by atoms with Crippen LogP contribution in [0.25, 0.3) is 0 Å². The zero-order chi connectivity index (χ0) is 25.3. The van der Waals surface area contributed by atoms with E-state index in [1.54, 1.807) is 0 Å². The molecule has 0 spiro atoms. The zero-order valence-electron chi connectivity index (χ0n) is 19.5. The van der Waals surface area contributed by atoms with Gasteiger partial charge in [0.1, 0.15) is 11.7 Å². The fourth-order valence-corrected chi connectivity index (χ4v) is 4.96. The Morgan fingerprint density at radius 1 is 1.18 bits per heavy atom. The number of amides is 1. The van der Waals surface area contributed by atoms with Gasteiger partial charge in [-0.3, -0.25) is 10.1 Å². The van der Waals surface area contributed by atoms with Gasteiger partial charge in [0.25, 0.3) is 5.09 Å². The van der Waals surface area contributed by atoms with Crippen molar-refractivity contribution in [1.29, 1.82) is 0 Å². The van der Waals surface area contributed by atoms with Crippen LogP contribution in [0.3, 0.4) is 0 Å². The third-order valence-corrected chi connectivity index (χ3v) is 6.12. The van der Waals surface area contributed by atoms with Gasteiger partial charge in [0.15, 0.2) is 0 Å². The monoisotopic (exact) mass is 607 g/mol. The SMILES string of the molecule is CC(C)(C)OC(=O)Nc1c(Br)cc(Br)cc1CN[C@H]1CC[C@H](OC(=O)CCCO[N+](=O)[O-])CC1. The van der Waals surface area contributed by atoms with Gasteiger partial charge in [-0.25, -0.2) is 4.79 Å². The van der Waals surface area contributed by atoms with Gasteiger partial charge < -0.3 is 19.6 Å². The second kappa shape index (κ2) is 13.2. The summed E-state index contributed by atoms with van der Waals surface area (Å²) in [6, 6.07) is 4.05. The van der Waals surface area contributed by atoms with Gasteiger partial charge in [0, 0.05) is 28.0 Å². The zero-order valence-corrected chi connectivity index (χ0v) is 22.7. The first kappa shape index (κ1) is 28.3. The highest BCUT2D eigenvalue weighted by Gasteiger charge is 2.24. The van der Waals surface area contributed by atoms with E-state index in [9.17, 15) is 19.7 Å². The molecule has 190 valence electrons. The minimum absolute atomic E-state index is 0.0945. The second-order valence-electron chi connectivity index (χ2n) is 9.05. The van der Waals surface area contributed by atoms with Crippen molar-refractivity contribution in [3.63, 3.8) is 0 Å². The third kappa shape index (κ3) is 10.6. The topological polar surface area (TPSA) is 129 Å². The predicted molar refractivity (Wildman–Crippen MR) is 133 cm³/mol. The number of carbonyl (C=O) groups is 2. The van der Waals surface area contributed by atoms with Gasteiger partial charge in [0.2, 0.25) is 0 Å². The number of nitrogens with one attached hydrogen (secondary N) is 2. The summed E-state index contributed by atoms with van der Waals surface area (Å²) in [5.74, 6) is -0.361. The molecule has 1 fully saturated rings. The van der Waals surface area contributed by atoms with Gasteiger partial charge in [-0.1, -0.05) is 15.9 Å². The molecule has 1 saturated carbocycles. The lowest BCUT2D eigenvalue weighted by atomic mass is 9.92. The standard InChI is InChI=1S/C22H31Br2N3O7/c1-22(2,3)34-21(29)26-20-14(11-15(23)12-18(20)24)13-25-16-6-8-17(9-7-16)33-19(28)5-4-10-32-27(30)31/h11-12,16-17,25H,4-10,13H2,1-3H3,(H,26,29)/t16-,17-. The maximum Gasteiger partial charge on any atom is 0.412 e. The summed E-state index contributed by atoms with van der Waals surface area (Å²) in [5, 5.41) is 15.6. The number of ether oxygens (including phenoxy) is 2. The Morgan fingerprint density at radius 3 is 2.47 bits per heavy atom. The van der Waals surface area contributed by atoms with Gasteiger partial charge in [-0.15, -0.1) is 10.1 Å². The van der Waals surface area contributed by atoms with Crippen molar-refractivity contribution >= 4 is 49.6 Å². The third-order valence-electron chi connectivity index (χ3n) is 5.04. The summed E-state index contributed by atoms with van der Waals surface area (Å²) in [6.07, 6.45) is 2.82. The molecule has 1 aromatic rings. The molecule has 0 heterocycles. The van der Waals surface area contributed by atoms with Gasteiger partial charge in [0.05, 0.1) is 12.3 Å². The maximum atomic E-state index is 12.3. The van der Waals surface area contributed by atoms with Crippen LogP contribution in [0.15, 0.2) is 21.1 Å². The Hall–Kier alpha value is -1.92. The fourth-order valence-electron chi connectivity index (χ4n) is 3.55. The molecule has 0 unspecified atom stereocenters. The van der Waals surface area contributed by atoms with Crippen molar-refractivity contribution in [3.05, 3.63) is 36.8 Å². The summed E-state index contributed by atoms with van der Waals surface area (Å²) in [4.78, 5) is 38.5. The normalized spacial score (nSPS) is 18.1. The number of carbonyl (C=O) groups excluding carboxylic acids is 2.